The predicted octanol–water partition coefficient (Wildman–Crippen LogP) is 2.83. The Balaban J connectivity index is 2.08. The van der Waals surface area contributed by atoms with Crippen molar-refractivity contribution in [1.29, 1.82) is 5.26 Å². The lowest BCUT2D eigenvalue weighted by atomic mass is 10.1. The fourth-order valence-corrected chi connectivity index (χ4v) is 2.49. The molecule has 1 aromatic carbocycles. The predicted molar refractivity (Wildman–Crippen MR) is 75.6 cm³/mol. The van der Waals surface area contributed by atoms with Gasteiger partial charge < -0.3 is 10.5 Å². The minimum atomic E-state index is -0.138. The van der Waals surface area contributed by atoms with Crippen molar-refractivity contribution in [3.8, 4) is 11.8 Å². The van der Waals surface area contributed by atoms with Gasteiger partial charge in [-0.2, -0.15) is 10.4 Å². The molecule has 1 saturated heterocycles. The number of nitrogen functional groups attached to an aromatic ring is 1. The Bertz CT molecular complexity index is 666. The van der Waals surface area contributed by atoms with E-state index in [0.29, 0.717) is 28.7 Å². The molecule has 2 heterocycles. The monoisotopic (exact) mass is 288 g/mol. The molecule has 5 nitrogen and oxygen atoms in total. The highest BCUT2D eigenvalue weighted by atomic mass is 35.5. The minimum absolute atomic E-state index is 0.138. The highest BCUT2D eigenvalue weighted by Gasteiger charge is 2.27. The normalized spacial score (nSPS) is 18.1. The fourth-order valence-electron chi connectivity index (χ4n) is 2.36. The summed E-state index contributed by atoms with van der Waals surface area (Å²) in [5.74, 6) is 0.334. The van der Waals surface area contributed by atoms with Crippen LogP contribution < -0.4 is 5.73 Å². The summed E-state index contributed by atoms with van der Waals surface area (Å²) in [7, 11) is 0. The van der Waals surface area contributed by atoms with E-state index in [1.54, 1.807) is 16.8 Å². The molecule has 1 aliphatic rings. The molecule has 102 valence electrons. The first-order valence-corrected chi connectivity index (χ1v) is 6.74. The van der Waals surface area contributed by atoms with Gasteiger partial charge in [0.2, 0.25) is 0 Å². The van der Waals surface area contributed by atoms with E-state index >= 15 is 0 Å². The Kier molecular flexibility index (Phi) is 3.35. The van der Waals surface area contributed by atoms with Gasteiger partial charge in [0.25, 0.3) is 0 Å². The standard InChI is InChI=1S/C14H13ClN4O/c15-9-3-5-10(6-4-9)19-14(17)11(8-16)13(18-19)12-2-1-7-20-12/h3-6,12H,1-2,7,17H2/t12-/m0/s1. The van der Waals surface area contributed by atoms with Gasteiger partial charge in [-0.25, -0.2) is 4.68 Å². The highest BCUT2D eigenvalue weighted by molar-refractivity contribution is 6.30. The van der Waals surface area contributed by atoms with Gasteiger partial charge in [0, 0.05) is 11.6 Å². The number of ether oxygens (including phenoxy) is 1. The van der Waals surface area contributed by atoms with E-state index in [2.05, 4.69) is 11.2 Å². The van der Waals surface area contributed by atoms with Crippen LogP contribution in [0.1, 0.15) is 30.2 Å². The summed E-state index contributed by atoms with van der Waals surface area (Å²) >= 11 is 5.87. The fraction of sp³-hybridized carbons (Fsp3) is 0.286. The third kappa shape index (κ3) is 2.13. The molecule has 0 radical (unpaired) electrons. The molecule has 0 bridgehead atoms. The summed E-state index contributed by atoms with van der Waals surface area (Å²) in [6.45, 7) is 0.698. The van der Waals surface area contributed by atoms with Crippen LogP contribution in [0, 0.1) is 11.3 Å². The van der Waals surface area contributed by atoms with Crippen molar-refractivity contribution in [3.05, 3.63) is 40.5 Å². The zero-order valence-electron chi connectivity index (χ0n) is 10.7. The molecule has 2 N–H and O–H groups in total. The number of nitrogens with zero attached hydrogens (tertiary/aromatic N) is 3. The summed E-state index contributed by atoms with van der Waals surface area (Å²) in [5, 5.41) is 14.4. The third-order valence-electron chi connectivity index (χ3n) is 3.37. The van der Waals surface area contributed by atoms with Gasteiger partial charge in [0.05, 0.1) is 5.69 Å². The number of aromatic nitrogens is 2. The summed E-state index contributed by atoms with van der Waals surface area (Å²) in [6, 6.07) is 9.27. The second-order valence-electron chi connectivity index (χ2n) is 4.65. The van der Waals surface area contributed by atoms with Crippen LogP contribution in [0.5, 0.6) is 0 Å². The first-order chi connectivity index (χ1) is 9.70. The Morgan fingerprint density at radius 1 is 1.40 bits per heavy atom. The number of halogens is 1. The molecule has 0 aliphatic carbocycles. The molecule has 1 fully saturated rings. The molecule has 2 aromatic rings. The lowest BCUT2D eigenvalue weighted by molar-refractivity contribution is 0.108. The zero-order valence-corrected chi connectivity index (χ0v) is 11.5. The van der Waals surface area contributed by atoms with Crippen molar-refractivity contribution in [2.24, 2.45) is 0 Å². The van der Waals surface area contributed by atoms with Crippen molar-refractivity contribution >= 4 is 17.4 Å². The van der Waals surface area contributed by atoms with Gasteiger partial charge in [-0.05, 0) is 37.1 Å². The molecule has 1 atom stereocenters. The molecule has 3 rings (SSSR count). The Morgan fingerprint density at radius 2 is 2.15 bits per heavy atom. The molecular weight excluding hydrogens is 276 g/mol. The number of nitrogens with two attached hydrogens (primary N) is 1. The lowest BCUT2D eigenvalue weighted by Crippen LogP contribution is -2.03. The van der Waals surface area contributed by atoms with Crippen molar-refractivity contribution < 1.29 is 4.74 Å². The zero-order chi connectivity index (χ0) is 14.1. The van der Waals surface area contributed by atoms with E-state index in [-0.39, 0.29) is 6.10 Å². The molecule has 0 amide bonds. The number of nitriles is 1. The smallest absolute Gasteiger partial charge is 0.145 e. The lowest BCUT2D eigenvalue weighted by Gasteiger charge is -2.05. The Hall–Kier alpha value is -2.03. The van der Waals surface area contributed by atoms with E-state index in [4.69, 9.17) is 22.1 Å². The molecule has 0 unspecified atom stereocenters. The first-order valence-electron chi connectivity index (χ1n) is 6.36. The molecule has 20 heavy (non-hydrogen) atoms. The summed E-state index contributed by atoms with van der Waals surface area (Å²) in [4.78, 5) is 0. The second kappa shape index (κ2) is 5.16. The molecule has 1 aliphatic heterocycles. The van der Waals surface area contributed by atoms with E-state index < -0.39 is 0 Å². The highest BCUT2D eigenvalue weighted by Crippen LogP contribution is 2.33. The number of hydrogen-bond donors (Lipinski definition) is 1. The number of hydrogen-bond acceptors (Lipinski definition) is 4. The second-order valence-corrected chi connectivity index (χ2v) is 5.08. The van der Waals surface area contributed by atoms with Crippen molar-refractivity contribution in [2.75, 3.05) is 12.3 Å². The average molecular weight is 289 g/mol. The van der Waals surface area contributed by atoms with E-state index in [1.165, 1.54) is 0 Å². The summed E-state index contributed by atoms with van der Waals surface area (Å²) in [6.07, 6.45) is 1.70. The van der Waals surface area contributed by atoms with Crippen molar-refractivity contribution in [1.82, 2.24) is 9.78 Å². The number of rotatable bonds is 2. The summed E-state index contributed by atoms with van der Waals surface area (Å²) in [5.41, 5.74) is 7.83. The van der Waals surface area contributed by atoms with Gasteiger partial charge in [-0.15, -0.1) is 0 Å². The minimum Gasteiger partial charge on any atom is -0.382 e. The van der Waals surface area contributed by atoms with Crippen LogP contribution in [0.2, 0.25) is 5.02 Å². The van der Waals surface area contributed by atoms with E-state index in [0.717, 1.165) is 18.5 Å². The topological polar surface area (TPSA) is 76.9 Å². The Morgan fingerprint density at radius 3 is 2.75 bits per heavy atom. The molecule has 6 heteroatoms. The third-order valence-corrected chi connectivity index (χ3v) is 3.62. The van der Waals surface area contributed by atoms with Gasteiger partial charge in [0.1, 0.15) is 29.2 Å². The van der Waals surface area contributed by atoms with Crippen LogP contribution in [-0.2, 0) is 4.74 Å². The van der Waals surface area contributed by atoms with E-state index in [1.807, 2.05) is 12.1 Å². The SMILES string of the molecule is N#Cc1c([C@@H]2CCCO2)nn(-c2ccc(Cl)cc2)c1N. The van der Waals surface area contributed by atoms with Crippen LogP contribution in [0.3, 0.4) is 0 Å². The van der Waals surface area contributed by atoms with Gasteiger partial charge in [-0.3, -0.25) is 0 Å². The largest absolute Gasteiger partial charge is 0.382 e. The van der Waals surface area contributed by atoms with Crippen LogP contribution in [0.15, 0.2) is 24.3 Å². The first kappa shape index (κ1) is 13.0. The molecule has 0 saturated carbocycles. The van der Waals surface area contributed by atoms with Crippen LogP contribution >= 0.6 is 11.6 Å². The van der Waals surface area contributed by atoms with Gasteiger partial charge >= 0.3 is 0 Å². The summed E-state index contributed by atoms with van der Waals surface area (Å²) < 4.78 is 7.16. The maximum Gasteiger partial charge on any atom is 0.145 e. The molecular formula is C14H13ClN4O. The number of anilines is 1. The molecule has 0 spiro atoms. The van der Waals surface area contributed by atoms with Crippen molar-refractivity contribution in [3.63, 3.8) is 0 Å². The van der Waals surface area contributed by atoms with Crippen LogP contribution in [0.4, 0.5) is 5.82 Å². The van der Waals surface area contributed by atoms with Gasteiger partial charge in [0.15, 0.2) is 0 Å². The van der Waals surface area contributed by atoms with E-state index in [9.17, 15) is 5.26 Å². The Labute approximate surface area is 121 Å². The average Bonchev–Trinajstić information content (AvgIpc) is 3.07. The van der Waals surface area contributed by atoms with Crippen LogP contribution in [-0.4, -0.2) is 16.4 Å². The quantitative estimate of drug-likeness (QED) is 0.922. The molecule has 1 aromatic heterocycles. The maximum absolute atomic E-state index is 9.30. The maximum atomic E-state index is 9.30. The number of benzene rings is 1. The van der Waals surface area contributed by atoms with Crippen LogP contribution in [0.25, 0.3) is 5.69 Å². The van der Waals surface area contributed by atoms with Crippen molar-refractivity contribution in [2.45, 2.75) is 18.9 Å². The van der Waals surface area contributed by atoms with Gasteiger partial charge in [-0.1, -0.05) is 11.6 Å².